The summed E-state index contributed by atoms with van der Waals surface area (Å²) in [5.74, 6) is 0.0528. The van der Waals surface area contributed by atoms with Crippen molar-refractivity contribution in [3.63, 3.8) is 0 Å². The lowest BCUT2D eigenvalue weighted by Crippen LogP contribution is -2.46. The van der Waals surface area contributed by atoms with Crippen molar-refractivity contribution < 1.29 is 9.90 Å². The summed E-state index contributed by atoms with van der Waals surface area (Å²) in [5.41, 5.74) is 0.444. The van der Waals surface area contributed by atoms with E-state index in [4.69, 9.17) is 0 Å². The predicted octanol–water partition coefficient (Wildman–Crippen LogP) is 3.15. The maximum atomic E-state index is 12.5. The summed E-state index contributed by atoms with van der Waals surface area (Å²) in [6.07, 6.45) is 3.09. The standard InChI is InChI=1S/C16H22BrNO2/c1-16(2,11-4-3-5-12(17)10-11)15(20)18-13-6-8-14(19)9-7-13/h3-5,10,13-14,19H,6-9H2,1-2H3,(H,18,20). The minimum Gasteiger partial charge on any atom is -0.393 e. The van der Waals surface area contributed by atoms with Gasteiger partial charge in [-0.1, -0.05) is 28.1 Å². The fourth-order valence-corrected chi connectivity index (χ4v) is 2.99. The van der Waals surface area contributed by atoms with Crippen LogP contribution in [0.5, 0.6) is 0 Å². The van der Waals surface area contributed by atoms with Gasteiger partial charge in [0.1, 0.15) is 0 Å². The number of aliphatic hydroxyl groups is 1. The Kier molecular flexibility index (Phi) is 4.86. The molecule has 1 aromatic carbocycles. The first-order chi connectivity index (χ1) is 9.39. The van der Waals surface area contributed by atoms with Crippen molar-refractivity contribution in [3.8, 4) is 0 Å². The molecule has 20 heavy (non-hydrogen) atoms. The molecule has 0 unspecified atom stereocenters. The first-order valence-corrected chi connectivity index (χ1v) is 7.94. The van der Waals surface area contributed by atoms with E-state index in [0.717, 1.165) is 35.7 Å². The molecule has 1 aromatic rings. The molecule has 0 atom stereocenters. The summed E-state index contributed by atoms with van der Waals surface area (Å²) in [4.78, 5) is 12.5. The van der Waals surface area contributed by atoms with Gasteiger partial charge in [-0.25, -0.2) is 0 Å². The Morgan fingerprint density at radius 3 is 2.55 bits per heavy atom. The van der Waals surface area contributed by atoms with Gasteiger partial charge in [-0.2, -0.15) is 0 Å². The molecular weight excluding hydrogens is 318 g/mol. The molecule has 2 N–H and O–H groups in total. The molecule has 0 saturated heterocycles. The Labute approximate surface area is 128 Å². The fourth-order valence-electron chi connectivity index (χ4n) is 2.59. The lowest BCUT2D eigenvalue weighted by Gasteiger charge is -2.31. The third kappa shape index (κ3) is 3.61. The van der Waals surface area contributed by atoms with Gasteiger partial charge in [-0.3, -0.25) is 4.79 Å². The van der Waals surface area contributed by atoms with Crippen molar-refractivity contribution in [2.24, 2.45) is 0 Å². The predicted molar refractivity (Wildman–Crippen MR) is 83.6 cm³/mol. The summed E-state index contributed by atoms with van der Waals surface area (Å²) in [7, 11) is 0. The van der Waals surface area contributed by atoms with Gasteiger partial charge < -0.3 is 10.4 Å². The Hall–Kier alpha value is -0.870. The Balaban J connectivity index is 2.03. The molecule has 0 spiro atoms. The number of hydrogen-bond donors (Lipinski definition) is 2. The van der Waals surface area contributed by atoms with Crippen LogP contribution in [0.3, 0.4) is 0 Å². The largest absolute Gasteiger partial charge is 0.393 e. The highest BCUT2D eigenvalue weighted by Gasteiger charge is 2.32. The fraction of sp³-hybridized carbons (Fsp3) is 0.562. The van der Waals surface area contributed by atoms with Gasteiger partial charge in [-0.05, 0) is 57.2 Å². The molecule has 1 aliphatic rings. The lowest BCUT2D eigenvalue weighted by atomic mass is 9.83. The summed E-state index contributed by atoms with van der Waals surface area (Å²) in [6.45, 7) is 3.89. The van der Waals surface area contributed by atoms with E-state index in [-0.39, 0.29) is 18.1 Å². The van der Waals surface area contributed by atoms with Crippen molar-refractivity contribution in [1.82, 2.24) is 5.32 Å². The molecule has 0 radical (unpaired) electrons. The van der Waals surface area contributed by atoms with Gasteiger partial charge in [0.25, 0.3) is 0 Å². The van der Waals surface area contributed by atoms with E-state index in [1.807, 2.05) is 38.1 Å². The van der Waals surface area contributed by atoms with E-state index >= 15 is 0 Å². The number of rotatable bonds is 3. The first kappa shape index (κ1) is 15.5. The van der Waals surface area contributed by atoms with E-state index in [1.165, 1.54) is 0 Å². The van der Waals surface area contributed by atoms with Gasteiger partial charge in [0, 0.05) is 10.5 Å². The zero-order valence-electron chi connectivity index (χ0n) is 12.0. The number of amides is 1. The zero-order valence-corrected chi connectivity index (χ0v) is 13.6. The molecule has 0 heterocycles. The second-order valence-electron chi connectivity index (χ2n) is 6.11. The van der Waals surface area contributed by atoms with Gasteiger partial charge in [-0.15, -0.1) is 0 Å². The SMILES string of the molecule is CC(C)(C(=O)NC1CCC(O)CC1)c1cccc(Br)c1. The highest BCUT2D eigenvalue weighted by molar-refractivity contribution is 9.10. The number of carbonyl (C=O) groups excluding carboxylic acids is 1. The maximum absolute atomic E-state index is 12.5. The monoisotopic (exact) mass is 339 g/mol. The van der Waals surface area contributed by atoms with Crippen LogP contribution in [0.25, 0.3) is 0 Å². The molecule has 1 amide bonds. The van der Waals surface area contributed by atoms with Crippen LogP contribution in [0, 0.1) is 0 Å². The van der Waals surface area contributed by atoms with E-state index in [2.05, 4.69) is 21.2 Å². The highest BCUT2D eigenvalue weighted by atomic mass is 79.9. The molecule has 110 valence electrons. The third-order valence-electron chi connectivity index (χ3n) is 4.15. The van der Waals surface area contributed by atoms with Crippen LogP contribution in [-0.4, -0.2) is 23.2 Å². The molecule has 2 rings (SSSR count). The molecule has 0 aromatic heterocycles. The highest BCUT2D eigenvalue weighted by Crippen LogP contribution is 2.27. The number of hydrogen-bond acceptors (Lipinski definition) is 2. The van der Waals surface area contributed by atoms with E-state index in [1.54, 1.807) is 0 Å². The van der Waals surface area contributed by atoms with Gasteiger partial charge >= 0.3 is 0 Å². The van der Waals surface area contributed by atoms with Crippen molar-refractivity contribution in [1.29, 1.82) is 0 Å². The van der Waals surface area contributed by atoms with Crippen molar-refractivity contribution in [2.45, 2.75) is 57.1 Å². The lowest BCUT2D eigenvalue weighted by molar-refractivity contribution is -0.126. The van der Waals surface area contributed by atoms with Crippen LogP contribution < -0.4 is 5.32 Å². The number of halogens is 1. The van der Waals surface area contributed by atoms with Gasteiger partial charge in [0.15, 0.2) is 0 Å². The van der Waals surface area contributed by atoms with Gasteiger partial charge in [0.05, 0.1) is 11.5 Å². The molecule has 1 fully saturated rings. The molecule has 1 aliphatic carbocycles. The van der Waals surface area contributed by atoms with Crippen molar-refractivity contribution in [3.05, 3.63) is 34.3 Å². The Morgan fingerprint density at radius 2 is 1.95 bits per heavy atom. The summed E-state index contributed by atoms with van der Waals surface area (Å²) in [6, 6.07) is 8.07. The normalized spacial score (nSPS) is 23.4. The molecule has 1 saturated carbocycles. The zero-order chi connectivity index (χ0) is 14.8. The van der Waals surface area contributed by atoms with Crippen molar-refractivity contribution in [2.75, 3.05) is 0 Å². The summed E-state index contributed by atoms with van der Waals surface area (Å²) < 4.78 is 0.983. The summed E-state index contributed by atoms with van der Waals surface area (Å²) in [5, 5.41) is 12.6. The van der Waals surface area contributed by atoms with E-state index < -0.39 is 5.41 Å². The average molecular weight is 340 g/mol. The first-order valence-electron chi connectivity index (χ1n) is 7.14. The van der Waals surface area contributed by atoms with Crippen LogP contribution >= 0.6 is 15.9 Å². The van der Waals surface area contributed by atoms with Crippen LogP contribution in [0.2, 0.25) is 0 Å². The topological polar surface area (TPSA) is 49.3 Å². The molecule has 3 nitrogen and oxygen atoms in total. The molecule has 4 heteroatoms. The van der Waals surface area contributed by atoms with E-state index in [9.17, 15) is 9.90 Å². The number of carbonyl (C=O) groups is 1. The van der Waals surface area contributed by atoms with Crippen LogP contribution in [0.15, 0.2) is 28.7 Å². The second-order valence-corrected chi connectivity index (χ2v) is 7.03. The number of aliphatic hydroxyl groups excluding tert-OH is 1. The van der Waals surface area contributed by atoms with Crippen LogP contribution in [-0.2, 0) is 10.2 Å². The minimum absolute atomic E-state index is 0.0528. The van der Waals surface area contributed by atoms with Crippen LogP contribution in [0.1, 0.15) is 45.1 Å². The summed E-state index contributed by atoms with van der Waals surface area (Å²) >= 11 is 3.45. The minimum atomic E-state index is -0.556. The molecule has 0 bridgehead atoms. The molecular formula is C16H22BrNO2. The second kappa shape index (κ2) is 6.27. The van der Waals surface area contributed by atoms with Crippen LogP contribution in [0.4, 0.5) is 0 Å². The smallest absolute Gasteiger partial charge is 0.230 e. The Bertz CT molecular complexity index is 479. The molecule has 0 aliphatic heterocycles. The van der Waals surface area contributed by atoms with E-state index in [0.29, 0.717) is 0 Å². The third-order valence-corrected chi connectivity index (χ3v) is 4.64. The Morgan fingerprint density at radius 1 is 1.30 bits per heavy atom. The maximum Gasteiger partial charge on any atom is 0.230 e. The quantitative estimate of drug-likeness (QED) is 0.888. The van der Waals surface area contributed by atoms with Crippen molar-refractivity contribution >= 4 is 21.8 Å². The number of nitrogens with one attached hydrogen (secondary N) is 1. The average Bonchev–Trinajstić information content (AvgIpc) is 2.41. The van der Waals surface area contributed by atoms with Gasteiger partial charge in [0.2, 0.25) is 5.91 Å². The number of benzene rings is 1.